The van der Waals surface area contributed by atoms with Crippen molar-refractivity contribution in [2.75, 3.05) is 0 Å². The van der Waals surface area contributed by atoms with Gasteiger partial charge in [-0.1, -0.05) is 0 Å². The number of hydrogen-bond acceptors (Lipinski definition) is 3. The Hall–Kier alpha value is -1.44. The Kier molecular flexibility index (Phi) is 2.66. The van der Waals surface area contributed by atoms with Crippen molar-refractivity contribution in [2.45, 2.75) is 6.92 Å². The zero-order chi connectivity index (χ0) is 11.9. The summed E-state index contributed by atoms with van der Waals surface area (Å²) < 4.78 is 0.519. The van der Waals surface area contributed by atoms with E-state index in [4.69, 9.17) is 0 Å². The van der Waals surface area contributed by atoms with Crippen molar-refractivity contribution in [1.82, 2.24) is 4.98 Å². The summed E-state index contributed by atoms with van der Waals surface area (Å²) in [6.07, 6.45) is 1.48. The van der Waals surface area contributed by atoms with Gasteiger partial charge in [-0.3, -0.25) is 14.9 Å². The normalized spacial score (nSPS) is 10.6. The minimum Gasteiger partial charge on any atom is -0.354 e. The Morgan fingerprint density at radius 2 is 2.12 bits per heavy atom. The Labute approximate surface area is 104 Å². The molecule has 1 aromatic heterocycles. The smallest absolute Gasteiger partial charge is 0.293 e. The number of halogens is 1. The Bertz CT molecular complexity index is 648. The summed E-state index contributed by atoms with van der Waals surface area (Å²) >= 11 is 1.90. The maximum absolute atomic E-state index is 11.8. The topological polar surface area (TPSA) is 76.0 Å². The monoisotopic (exact) mass is 330 g/mol. The van der Waals surface area contributed by atoms with Crippen molar-refractivity contribution >= 4 is 39.2 Å². The van der Waals surface area contributed by atoms with Gasteiger partial charge in [0.25, 0.3) is 5.69 Å². The highest BCUT2D eigenvalue weighted by Crippen LogP contribution is 2.23. The number of benzene rings is 1. The lowest BCUT2D eigenvalue weighted by atomic mass is 10.1. The zero-order valence-corrected chi connectivity index (χ0v) is 10.4. The van der Waals surface area contributed by atoms with Gasteiger partial charge in [0.2, 0.25) is 5.43 Å². The van der Waals surface area contributed by atoms with Crippen molar-refractivity contribution in [2.24, 2.45) is 0 Å². The molecule has 0 aliphatic carbocycles. The van der Waals surface area contributed by atoms with Gasteiger partial charge >= 0.3 is 0 Å². The van der Waals surface area contributed by atoms with Crippen molar-refractivity contribution in [3.05, 3.63) is 47.8 Å². The third kappa shape index (κ3) is 1.69. The first-order chi connectivity index (χ1) is 7.50. The number of H-pyrrole nitrogens is 1. The molecular weight excluding hydrogens is 323 g/mol. The fourth-order valence-electron chi connectivity index (χ4n) is 1.57. The molecule has 2 aromatic rings. The average molecular weight is 330 g/mol. The second kappa shape index (κ2) is 3.85. The van der Waals surface area contributed by atoms with Crippen LogP contribution in [0.3, 0.4) is 0 Å². The molecule has 0 saturated carbocycles. The molecule has 2 rings (SSSR count). The molecule has 0 amide bonds. The minimum atomic E-state index is -0.488. The average Bonchev–Trinajstić information content (AvgIpc) is 2.23. The van der Waals surface area contributed by atoms with E-state index in [0.29, 0.717) is 14.5 Å². The lowest BCUT2D eigenvalue weighted by Gasteiger charge is -2.01. The van der Waals surface area contributed by atoms with E-state index in [2.05, 4.69) is 4.98 Å². The fourth-order valence-corrected chi connectivity index (χ4v) is 2.02. The number of pyridine rings is 1. The van der Waals surface area contributed by atoms with Crippen LogP contribution in [0.25, 0.3) is 10.9 Å². The summed E-state index contributed by atoms with van der Waals surface area (Å²) in [5.74, 6) is 0. The molecule has 0 aliphatic heterocycles. The Morgan fingerprint density at radius 1 is 1.44 bits per heavy atom. The predicted molar refractivity (Wildman–Crippen MR) is 68.7 cm³/mol. The molecule has 82 valence electrons. The van der Waals surface area contributed by atoms with Crippen LogP contribution in [0.4, 0.5) is 5.69 Å². The predicted octanol–water partition coefficient (Wildman–Crippen LogP) is 2.35. The molecule has 0 unspecified atom stereocenters. The number of aryl methyl sites for hydroxylation is 1. The maximum atomic E-state index is 11.8. The second-order valence-corrected chi connectivity index (χ2v) is 4.59. The first-order valence-electron chi connectivity index (χ1n) is 4.46. The van der Waals surface area contributed by atoms with Crippen molar-refractivity contribution in [1.29, 1.82) is 0 Å². The maximum Gasteiger partial charge on any atom is 0.293 e. The van der Waals surface area contributed by atoms with Crippen molar-refractivity contribution < 1.29 is 4.92 Å². The Morgan fingerprint density at radius 3 is 2.75 bits per heavy atom. The number of fused-ring (bicyclic) bond motifs is 1. The molecule has 0 saturated heterocycles. The molecule has 0 aliphatic rings. The molecule has 1 aromatic carbocycles. The molecule has 0 radical (unpaired) electrons. The van der Waals surface area contributed by atoms with E-state index >= 15 is 0 Å². The largest absolute Gasteiger partial charge is 0.354 e. The van der Waals surface area contributed by atoms with Crippen LogP contribution in [-0.4, -0.2) is 9.91 Å². The number of rotatable bonds is 1. The van der Waals surface area contributed by atoms with Gasteiger partial charge in [0.1, 0.15) is 5.52 Å². The van der Waals surface area contributed by atoms with Crippen LogP contribution in [0, 0.1) is 20.6 Å². The van der Waals surface area contributed by atoms with Crippen LogP contribution in [0.1, 0.15) is 5.56 Å². The number of aromatic amines is 1. The van der Waals surface area contributed by atoms with Gasteiger partial charge < -0.3 is 4.98 Å². The van der Waals surface area contributed by atoms with E-state index < -0.39 is 4.92 Å². The molecular formula is C10H7IN2O3. The first kappa shape index (κ1) is 11.1. The zero-order valence-electron chi connectivity index (χ0n) is 8.28. The number of nitrogens with zero attached hydrogens (tertiary/aromatic N) is 1. The van der Waals surface area contributed by atoms with E-state index in [0.717, 1.165) is 0 Å². The molecule has 1 N–H and O–H groups in total. The van der Waals surface area contributed by atoms with Crippen LogP contribution in [0.2, 0.25) is 0 Å². The summed E-state index contributed by atoms with van der Waals surface area (Å²) in [6.45, 7) is 1.73. The van der Waals surface area contributed by atoms with E-state index in [9.17, 15) is 14.9 Å². The number of nitrogens with one attached hydrogen (secondary N) is 1. The van der Waals surface area contributed by atoms with Gasteiger partial charge in [0.15, 0.2) is 0 Å². The van der Waals surface area contributed by atoms with E-state index in [1.807, 2.05) is 22.6 Å². The second-order valence-electron chi connectivity index (χ2n) is 3.43. The van der Waals surface area contributed by atoms with Crippen LogP contribution < -0.4 is 5.43 Å². The molecule has 0 atom stereocenters. The van der Waals surface area contributed by atoms with E-state index in [1.165, 1.54) is 12.3 Å². The van der Waals surface area contributed by atoms with Gasteiger partial charge in [0, 0.05) is 12.3 Å². The highest BCUT2D eigenvalue weighted by atomic mass is 127. The highest BCUT2D eigenvalue weighted by Gasteiger charge is 2.15. The fraction of sp³-hybridized carbons (Fsp3) is 0.100. The standard InChI is InChI=1S/C10H7IN2O3/c1-5-2-6-9(8(3-5)13(15)16)12-4-7(11)10(6)14/h2-4H,1H3,(H,12,14). The Balaban J connectivity index is 3.00. The molecule has 0 spiro atoms. The molecule has 5 nitrogen and oxygen atoms in total. The number of hydrogen-bond donors (Lipinski definition) is 1. The van der Waals surface area contributed by atoms with Gasteiger partial charge in [-0.05, 0) is 41.1 Å². The van der Waals surface area contributed by atoms with Crippen molar-refractivity contribution in [3.63, 3.8) is 0 Å². The van der Waals surface area contributed by atoms with Gasteiger partial charge in [0.05, 0.1) is 13.9 Å². The molecule has 1 heterocycles. The lowest BCUT2D eigenvalue weighted by Crippen LogP contribution is -2.08. The lowest BCUT2D eigenvalue weighted by molar-refractivity contribution is -0.383. The summed E-state index contributed by atoms with van der Waals surface area (Å²) in [5.41, 5.74) is 0.734. The summed E-state index contributed by atoms with van der Waals surface area (Å²) in [7, 11) is 0. The quantitative estimate of drug-likeness (QED) is 0.495. The molecule has 0 bridgehead atoms. The van der Waals surface area contributed by atoms with Gasteiger partial charge in [-0.25, -0.2) is 0 Å². The summed E-state index contributed by atoms with van der Waals surface area (Å²) in [4.78, 5) is 25.0. The number of nitro benzene ring substituents is 1. The summed E-state index contributed by atoms with van der Waals surface area (Å²) in [6, 6.07) is 3.11. The van der Waals surface area contributed by atoms with E-state index in [1.54, 1.807) is 13.0 Å². The molecule has 6 heteroatoms. The summed E-state index contributed by atoms with van der Waals surface area (Å²) in [5, 5.41) is 11.2. The third-order valence-corrected chi connectivity index (χ3v) is 3.06. The number of nitro groups is 1. The van der Waals surface area contributed by atoms with Crippen LogP contribution in [0.5, 0.6) is 0 Å². The van der Waals surface area contributed by atoms with Crippen LogP contribution in [0.15, 0.2) is 23.1 Å². The number of aromatic nitrogens is 1. The SMILES string of the molecule is Cc1cc([N+](=O)[O-])c2[nH]cc(I)c(=O)c2c1. The highest BCUT2D eigenvalue weighted by molar-refractivity contribution is 14.1. The van der Waals surface area contributed by atoms with Gasteiger partial charge in [-0.2, -0.15) is 0 Å². The minimum absolute atomic E-state index is 0.0662. The first-order valence-corrected chi connectivity index (χ1v) is 5.54. The van der Waals surface area contributed by atoms with E-state index in [-0.39, 0.29) is 16.6 Å². The molecule has 0 fully saturated rings. The van der Waals surface area contributed by atoms with Crippen molar-refractivity contribution in [3.8, 4) is 0 Å². The van der Waals surface area contributed by atoms with Crippen LogP contribution >= 0.6 is 22.6 Å². The van der Waals surface area contributed by atoms with Gasteiger partial charge in [-0.15, -0.1) is 0 Å². The number of non-ortho nitro benzene ring substituents is 1. The third-order valence-electron chi connectivity index (χ3n) is 2.26. The molecule has 16 heavy (non-hydrogen) atoms. The van der Waals surface area contributed by atoms with Crippen LogP contribution in [-0.2, 0) is 0 Å².